The van der Waals surface area contributed by atoms with E-state index in [1.165, 1.54) is 30.4 Å². The summed E-state index contributed by atoms with van der Waals surface area (Å²) < 4.78 is 0. The molecule has 4 heteroatoms. The summed E-state index contributed by atoms with van der Waals surface area (Å²) >= 11 is 0. The van der Waals surface area contributed by atoms with Crippen molar-refractivity contribution in [1.29, 1.82) is 0 Å². The van der Waals surface area contributed by atoms with E-state index in [1.54, 1.807) is 0 Å². The number of nitrogens with two attached hydrogens (primary N) is 1. The highest BCUT2D eigenvalue weighted by molar-refractivity contribution is 5.93. The fraction of sp³-hybridized carbons (Fsp3) is 0.632. The van der Waals surface area contributed by atoms with Crippen molar-refractivity contribution in [2.45, 2.75) is 64.4 Å². The van der Waals surface area contributed by atoms with Gasteiger partial charge in [-0.15, -0.1) is 0 Å². The minimum absolute atomic E-state index is 0.138. The van der Waals surface area contributed by atoms with Crippen LogP contribution in [0.4, 0.5) is 5.69 Å². The van der Waals surface area contributed by atoms with Gasteiger partial charge < -0.3 is 16.2 Å². The first-order valence-electron chi connectivity index (χ1n) is 8.94. The average Bonchev–Trinajstić information content (AvgIpc) is 2.56. The van der Waals surface area contributed by atoms with E-state index >= 15 is 0 Å². The zero-order chi connectivity index (χ0) is 16.3. The fourth-order valence-corrected chi connectivity index (χ4v) is 3.91. The molecule has 2 unspecified atom stereocenters. The summed E-state index contributed by atoms with van der Waals surface area (Å²) in [7, 11) is 0. The number of fused-ring (bicyclic) bond motifs is 1. The number of anilines is 1. The molecule has 0 heterocycles. The second-order valence-corrected chi connectivity index (χ2v) is 7.39. The normalized spacial score (nSPS) is 28.3. The number of aliphatic hydroxyl groups excluding tert-OH is 1. The van der Waals surface area contributed by atoms with Crippen molar-refractivity contribution >= 4 is 11.6 Å². The molecule has 126 valence electrons. The third-order valence-electron chi connectivity index (χ3n) is 5.55. The van der Waals surface area contributed by atoms with Gasteiger partial charge in [0.15, 0.2) is 5.96 Å². The summed E-state index contributed by atoms with van der Waals surface area (Å²) in [6.45, 7) is 2.71. The van der Waals surface area contributed by atoms with E-state index in [-0.39, 0.29) is 11.5 Å². The van der Waals surface area contributed by atoms with Crippen molar-refractivity contribution in [3.05, 3.63) is 29.3 Å². The summed E-state index contributed by atoms with van der Waals surface area (Å²) in [6, 6.07) is 6.39. The zero-order valence-electron chi connectivity index (χ0n) is 14.1. The summed E-state index contributed by atoms with van der Waals surface area (Å²) in [6.07, 6.45) is 8.71. The molecule has 2 atom stereocenters. The number of hydrogen-bond acceptors (Lipinski definition) is 2. The van der Waals surface area contributed by atoms with Gasteiger partial charge in [0.1, 0.15) is 0 Å². The average molecular weight is 315 g/mol. The van der Waals surface area contributed by atoms with Gasteiger partial charge in [-0.05, 0) is 55.7 Å². The Hall–Kier alpha value is -1.55. The SMILES string of the molecule is CC1(CN=C(N)Nc2cccc3c2CCCC3)CCCCC1O. The van der Waals surface area contributed by atoms with Crippen LogP contribution in [0.2, 0.25) is 0 Å². The van der Waals surface area contributed by atoms with E-state index in [0.29, 0.717) is 12.5 Å². The zero-order valence-corrected chi connectivity index (χ0v) is 14.1. The molecule has 2 aliphatic carbocycles. The molecule has 0 saturated heterocycles. The van der Waals surface area contributed by atoms with Crippen molar-refractivity contribution in [3.63, 3.8) is 0 Å². The van der Waals surface area contributed by atoms with Crippen molar-refractivity contribution in [3.8, 4) is 0 Å². The van der Waals surface area contributed by atoms with Crippen molar-refractivity contribution in [2.75, 3.05) is 11.9 Å². The topological polar surface area (TPSA) is 70.6 Å². The van der Waals surface area contributed by atoms with E-state index in [9.17, 15) is 5.11 Å². The minimum atomic E-state index is -0.266. The number of aryl methyl sites for hydroxylation is 1. The summed E-state index contributed by atoms with van der Waals surface area (Å²) in [5, 5.41) is 13.5. The van der Waals surface area contributed by atoms with Crippen LogP contribution in [0.15, 0.2) is 23.2 Å². The molecule has 23 heavy (non-hydrogen) atoms. The van der Waals surface area contributed by atoms with E-state index in [1.807, 2.05) is 0 Å². The summed E-state index contributed by atoms with van der Waals surface area (Å²) in [5.41, 5.74) is 9.90. The molecular formula is C19H29N3O. The molecule has 2 aliphatic rings. The Labute approximate surface area is 139 Å². The highest BCUT2D eigenvalue weighted by Gasteiger charge is 2.35. The predicted molar refractivity (Wildman–Crippen MR) is 95.8 cm³/mol. The first-order valence-corrected chi connectivity index (χ1v) is 8.94. The molecular weight excluding hydrogens is 286 g/mol. The lowest BCUT2D eigenvalue weighted by atomic mass is 9.73. The van der Waals surface area contributed by atoms with Gasteiger partial charge >= 0.3 is 0 Å². The number of nitrogens with one attached hydrogen (secondary N) is 1. The van der Waals surface area contributed by atoms with E-state index in [2.05, 4.69) is 35.4 Å². The second-order valence-electron chi connectivity index (χ2n) is 7.39. The van der Waals surface area contributed by atoms with Crippen LogP contribution < -0.4 is 11.1 Å². The second kappa shape index (κ2) is 6.91. The Morgan fingerprint density at radius 3 is 2.96 bits per heavy atom. The Bertz CT molecular complexity index is 584. The van der Waals surface area contributed by atoms with Gasteiger partial charge in [0.2, 0.25) is 0 Å². The Morgan fingerprint density at radius 1 is 1.30 bits per heavy atom. The third kappa shape index (κ3) is 3.69. The quantitative estimate of drug-likeness (QED) is 0.592. The molecule has 1 saturated carbocycles. The molecule has 1 fully saturated rings. The van der Waals surface area contributed by atoms with E-state index in [4.69, 9.17) is 5.73 Å². The Morgan fingerprint density at radius 2 is 2.13 bits per heavy atom. The van der Waals surface area contributed by atoms with Crippen LogP contribution in [-0.2, 0) is 12.8 Å². The number of aliphatic hydroxyl groups is 1. The molecule has 0 aromatic heterocycles. The number of benzene rings is 1. The number of rotatable bonds is 3. The smallest absolute Gasteiger partial charge is 0.193 e. The van der Waals surface area contributed by atoms with Crippen molar-refractivity contribution < 1.29 is 5.11 Å². The van der Waals surface area contributed by atoms with Gasteiger partial charge in [-0.3, -0.25) is 4.99 Å². The maximum absolute atomic E-state index is 10.3. The first-order chi connectivity index (χ1) is 11.1. The van der Waals surface area contributed by atoms with E-state index in [0.717, 1.165) is 37.8 Å². The number of guanidine groups is 1. The van der Waals surface area contributed by atoms with Gasteiger partial charge in [0, 0.05) is 11.1 Å². The van der Waals surface area contributed by atoms with Gasteiger partial charge in [-0.2, -0.15) is 0 Å². The number of nitrogens with zero attached hydrogens (tertiary/aromatic N) is 1. The molecule has 0 radical (unpaired) electrons. The highest BCUT2D eigenvalue weighted by atomic mass is 16.3. The molecule has 0 aliphatic heterocycles. The first kappa shape index (κ1) is 16.3. The fourth-order valence-electron chi connectivity index (χ4n) is 3.91. The van der Waals surface area contributed by atoms with Crippen molar-refractivity contribution in [2.24, 2.45) is 16.1 Å². The van der Waals surface area contributed by atoms with Gasteiger partial charge in [-0.1, -0.05) is 31.9 Å². The van der Waals surface area contributed by atoms with E-state index < -0.39 is 0 Å². The molecule has 3 rings (SSSR count). The molecule has 1 aromatic carbocycles. The summed E-state index contributed by atoms with van der Waals surface area (Å²) in [4.78, 5) is 4.54. The minimum Gasteiger partial charge on any atom is -0.392 e. The molecule has 0 bridgehead atoms. The van der Waals surface area contributed by atoms with Crippen LogP contribution in [0.25, 0.3) is 0 Å². The van der Waals surface area contributed by atoms with Gasteiger partial charge in [0.05, 0.1) is 12.6 Å². The van der Waals surface area contributed by atoms with Crippen LogP contribution in [-0.4, -0.2) is 23.7 Å². The van der Waals surface area contributed by atoms with Gasteiger partial charge in [-0.25, -0.2) is 0 Å². The standard InChI is InChI=1S/C19H29N3O/c1-19(12-5-4-11-17(19)23)13-21-18(20)22-16-10-6-8-14-7-2-3-9-15(14)16/h6,8,10,17,23H,2-5,7,9,11-13H2,1H3,(H3,20,21,22). The molecule has 1 aromatic rings. The maximum Gasteiger partial charge on any atom is 0.193 e. The van der Waals surface area contributed by atoms with Crippen LogP contribution in [0.1, 0.15) is 56.6 Å². The number of aliphatic imine (C=N–C) groups is 1. The van der Waals surface area contributed by atoms with Crippen molar-refractivity contribution in [1.82, 2.24) is 0 Å². The third-order valence-corrected chi connectivity index (χ3v) is 5.55. The summed E-state index contributed by atoms with van der Waals surface area (Å²) in [5.74, 6) is 0.461. The Balaban J connectivity index is 1.68. The van der Waals surface area contributed by atoms with Crippen LogP contribution >= 0.6 is 0 Å². The largest absolute Gasteiger partial charge is 0.392 e. The van der Waals surface area contributed by atoms with Crippen LogP contribution in [0.3, 0.4) is 0 Å². The lowest BCUT2D eigenvalue weighted by Crippen LogP contribution is -2.39. The lowest BCUT2D eigenvalue weighted by Gasteiger charge is -2.37. The number of hydrogen-bond donors (Lipinski definition) is 3. The molecule has 0 spiro atoms. The lowest BCUT2D eigenvalue weighted by molar-refractivity contribution is 0.00724. The van der Waals surface area contributed by atoms with Crippen LogP contribution in [0.5, 0.6) is 0 Å². The molecule has 4 N–H and O–H groups in total. The molecule has 0 amide bonds. The predicted octanol–water partition coefficient (Wildman–Crippen LogP) is 3.23. The maximum atomic E-state index is 10.3. The Kier molecular flexibility index (Phi) is 4.90. The van der Waals surface area contributed by atoms with Crippen LogP contribution in [0, 0.1) is 5.41 Å². The molecule has 4 nitrogen and oxygen atoms in total. The highest BCUT2D eigenvalue weighted by Crippen LogP contribution is 2.36. The van der Waals surface area contributed by atoms with Gasteiger partial charge in [0.25, 0.3) is 0 Å². The monoisotopic (exact) mass is 315 g/mol.